The van der Waals surface area contributed by atoms with Crippen molar-refractivity contribution in [1.82, 2.24) is 4.90 Å². The predicted molar refractivity (Wildman–Crippen MR) is 87.9 cm³/mol. The Hall–Kier alpha value is -1.70. The summed E-state index contributed by atoms with van der Waals surface area (Å²) in [7, 11) is -3.92. The molecule has 1 aromatic rings. The summed E-state index contributed by atoms with van der Waals surface area (Å²) < 4.78 is 52.8. The van der Waals surface area contributed by atoms with E-state index in [1.807, 2.05) is 0 Å². The van der Waals surface area contributed by atoms with Gasteiger partial charge < -0.3 is 4.90 Å². The highest BCUT2D eigenvalue weighted by atomic mass is 32.2. The molecule has 0 radical (unpaired) electrons. The summed E-state index contributed by atoms with van der Waals surface area (Å²) in [6.45, 7) is 4.92. The van der Waals surface area contributed by atoms with Crippen LogP contribution in [-0.2, 0) is 14.8 Å². The number of rotatable bonds is 5. The number of likely N-dealkylation sites (tertiary alicyclic amines) is 1. The maximum atomic E-state index is 13.6. The molecule has 134 valence electrons. The Morgan fingerprint density at radius 3 is 2.54 bits per heavy atom. The minimum absolute atomic E-state index is 0.216. The van der Waals surface area contributed by atoms with E-state index in [4.69, 9.17) is 0 Å². The SMILES string of the molecule is CC1CCN(C(=O)C(C)CS(=O)(=O)Nc2ccc(F)cc2F)CC1. The molecule has 1 aromatic carbocycles. The van der Waals surface area contributed by atoms with Gasteiger partial charge in [-0.05, 0) is 30.9 Å². The first-order chi connectivity index (χ1) is 11.2. The van der Waals surface area contributed by atoms with Gasteiger partial charge in [0.1, 0.15) is 11.6 Å². The Morgan fingerprint density at radius 2 is 1.96 bits per heavy atom. The molecule has 1 aliphatic rings. The molecular weight excluding hydrogens is 338 g/mol. The maximum Gasteiger partial charge on any atom is 0.233 e. The largest absolute Gasteiger partial charge is 0.342 e. The van der Waals surface area contributed by atoms with Crippen molar-refractivity contribution >= 4 is 21.6 Å². The highest BCUT2D eigenvalue weighted by Gasteiger charge is 2.28. The van der Waals surface area contributed by atoms with Gasteiger partial charge in [0.15, 0.2) is 0 Å². The van der Waals surface area contributed by atoms with E-state index in [9.17, 15) is 22.0 Å². The lowest BCUT2D eigenvalue weighted by atomic mass is 9.98. The lowest BCUT2D eigenvalue weighted by Gasteiger charge is -2.32. The summed E-state index contributed by atoms with van der Waals surface area (Å²) >= 11 is 0. The average molecular weight is 360 g/mol. The molecule has 8 heteroatoms. The number of halogens is 2. The molecular formula is C16H22F2N2O3S. The third-order valence-corrected chi connectivity index (χ3v) is 5.65. The van der Waals surface area contributed by atoms with Crippen LogP contribution in [0.2, 0.25) is 0 Å². The van der Waals surface area contributed by atoms with E-state index in [0.717, 1.165) is 25.0 Å². The summed E-state index contributed by atoms with van der Waals surface area (Å²) in [5, 5.41) is 0. The molecule has 2 rings (SSSR count). The van der Waals surface area contributed by atoms with Crippen molar-refractivity contribution in [3.8, 4) is 0 Å². The fraction of sp³-hybridized carbons (Fsp3) is 0.562. The standard InChI is InChI=1S/C16H22F2N2O3S/c1-11-5-7-20(8-6-11)16(21)12(2)10-24(22,23)19-15-4-3-13(17)9-14(15)18/h3-4,9,11-12,19H,5-8,10H2,1-2H3. The first-order valence-corrected chi connectivity index (χ1v) is 9.57. The number of sulfonamides is 1. The molecule has 0 spiro atoms. The van der Waals surface area contributed by atoms with Crippen LogP contribution in [0.15, 0.2) is 18.2 Å². The molecule has 1 unspecified atom stereocenters. The van der Waals surface area contributed by atoms with E-state index in [2.05, 4.69) is 11.6 Å². The van der Waals surface area contributed by atoms with Gasteiger partial charge in [0.2, 0.25) is 15.9 Å². The van der Waals surface area contributed by atoms with E-state index in [0.29, 0.717) is 25.1 Å². The van der Waals surface area contributed by atoms with Crippen molar-refractivity contribution in [1.29, 1.82) is 0 Å². The topological polar surface area (TPSA) is 66.5 Å². The molecule has 1 aliphatic heterocycles. The highest BCUT2D eigenvalue weighted by Crippen LogP contribution is 2.20. The van der Waals surface area contributed by atoms with Crippen molar-refractivity contribution in [3.05, 3.63) is 29.8 Å². The highest BCUT2D eigenvalue weighted by molar-refractivity contribution is 7.92. The van der Waals surface area contributed by atoms with Crippen molar-refractivity contribution < 1.29 is 22.0 Å². The second kappa shape index (κ2) is 7.46. The number of hydrogen-bond donors (Lipinski definition) is 1. The summed E-state index contributed by atoms with van der Waals surface area (Å²) in [5.74, 6) is -2.63. The molecule has 0 bridgehead atoms. The fourth-order valence-corrected chi connectivity index (χ4v) is 4.11. The number of benzene rings is 1. The van der Waals surface area contributed by atoms with Crippen molar-refractivity contribution in [3.63, 3.8) is 0 Å². The van der Waals surface area contributed by atoms with E-state index >= 15 is 0 Å². The van der Waals surface area contributed by atoms with E-state index in [-0.39, 0.29) is 11.6 Å². The maximum absolute atomic E-state index is 13.6. The Morgan fingerprint density at radius 1 is 1.33 bits per heavy atom. The Bertz CT molecular complexity index is 701. The van der Waals surface area contributed by atoms with Gasteiger partial charge in [0.05, 0.1) is 17.4 Å². The Kier molecular flexibility index (Phi) is 5.79. The monoisotopic (exact) mass is 360 g/mol. The molecule has 1 atom stereocenters. The summed E-state index contributed by atoms with van der Waals surface area (Å²) in [6, 6.07) is 2.58. The predicted octanol–water partition coefficient (Wildman–Crippen LogP) is 2.60. The number of amides is 1. The van der Waals surface area contributed by atoms with Gasteiger partial charge in [0.25, 0.3) is 0 Å². The zero-order valence-corrected chi connectivity index (χ0v) is 14.6. The molecule has 1 heterocycles. The number of nitrogens with one attached hydrogen (secondary N) is 1. The van der Waals surface area contributed by atoms with Crippen LogP contribution in [0.3, 0.4) is 0 Å². The zero-order valence-electron chi connectivity index (χ0n) is 13.8. The van der Waals surface area contributed by atoms with Crippen LogP contribution in [0.4, 0.5) is 14.5 Å². The summed E-state index contributed by atoms with van der Waals surface area (Å²) in [4.78, 5) is 14.0. The van der Waals surface area contributed by atoms with Crippen LogP contribution >= 0.6 is 0 Å². The van der Waals surface area contributed by atoms with Crippen LogP contribution in [0.25, 0.3) is 0 Å². The van der Waals surface area contributed by atoms with Crippen LogP contribution < -0.4 is 4.72 Å². The lowest BCUT2D eigenvalue weighted by Crippen LogP contribution is -2.42. The van der Waals surface area contributed by atoms with Gasteiger partial charge in [-0.3, -0.25) is 9.52 Å². The van der Waals surface area contributed by atoms with Gasteiger partial charge >= 0.3 is 0 Å². The molecule has 24 heavy (non-hydrogen) atoms. The van der Waals surface area contributed by atoms with Crippen molar-refractivity contribution in [2.24, 2.45) is 11.8 Å². The van der Waals surface area contributed by atoms with E-state index < -0.39 is 33.3 Å². The molecule has 1 saturated heterocycles. The number of anilines is 1. The van der Waals surface area contributed by atoms with Crippen LogP contribution in [0, 0.1) is 23.5 Å². The van der Waals surface area contributed by atoms with Crippen LogP contribution in [0.5, 0.6) is 0 Å². The molecule has 0 saturated carbocycles. The molecule has 1 N–H and O–H groups in total. The number of carbonyl (C=O) groups excluding carboxylic acids is 1. The van der Waals surface area contributed by atoms with Crippen LogP contribution in [0.1, 0.15) is 26.7 Å². The lowest BCUT2D eigenvalue weighted by molar-refractivity contribution is -0.135. The molecule has 1 amide bonds. The minimum Gasteiger partial charge on any atom is -0.342 e. The van der Waals surface area contributed by atoms with E-state index in [1.54, 1.807) is 11.8 Å². The Balaban J connectivity index is 1.98. The normalized spacial score (nSPS) is 17.6. The first-order valence-electron chi connectivity index (χ1n) is 7.92. The summed E-state index contributed by atoms with van der Waals surface area (Å²) in [5.41, 5.74) is -0.331. The summed E-state index contributed by atoms with van der Waals surface area (Å²) in [6.07, 6.45) is 1.81. The van der Waals surface area contributed by atoms with Crippen LogP contribution in [-0.4, -0.2) is 38.1 Å². The molecule has 0 aliphatic carbocycles. The van der Waals surface area contributed by atoms with Gasteiger partial charge in [-0.1, -0.05) is 13.8 Å². The second-order valence-electron chi connectivity index (χ2n) is 6.42. The smallest absolute Gasteiger partial charge is 0.233 e. The molecule has 1 fully saturated rings. The van der Waals surface area contributed by atoms with Crippen molar-refractivity contribution in [2.45, 2.75) is 26.7 Å². The minimum atomic E-state index is -3.92. The third-order valence-electron chi connectivity index (χ3n) is 4.18. The number of hydrogen-bond acceptors (Lipinski definition) is 3. The zero-order chi connectivity index (χ0) is 17.9. The number of piperidine rings is 1. The number of nitrogens with zero attached hydrogens (tertiary/aromatic N) is 1. The average Bonchev–Trinajstić information content (AvgIpc) is 2.49. The first kappa shape index (κ1) is 18.6. The number of carbonyl (C=O) groups is 1. The van der Waals surface area contributed by atoms with Crippen molar-refractivity contribution in [2.75, 3.05) is 23.6 Å². The fourth-order valence-electron chi connectivity index (χ4n) is 2.72. The van der Waals surface area contributed by atoms with Gasteiger partial charge in [0, 0.05) is 19.2 Å². The third kappa shape index (κ3) is 4.90. The second-order valence-corrected chi connectivity index (χ2v) is 8.18. The molecule has 5 nitrogen and oxygen atoms in total. The van der Waals surface area contributed by atoms with E-state index in [1.165, 1.54) is 0 Å². The van der Waals surface area contributed by atoms with Gasteiger partial charge in [-0.25, -0.2) is 17.2 Å². The van der Waals surface area contributed by atoms with Gasteiger partial charge in [-0.15, -0.1) is 0 Å². The Labute approximate surface area is 141 Å². The van der Waals surface area contributed by atoms with Gasteiger partial charge in [-0.2, -0.15) is 0 Å². The quantitative estimate of drug-likeness (QED) is 0.878. The molecule has 0 aromatic heterocycles.